The molecule has 7 heteroatoms. The molecule has 0 bridgehead atoms. The van der Waals surface area contributed by atoms with Crippen LogP contribution in [-0.2, 0) is 15.0 Å². The first-order valence-electron chi connectivity index (χ1n) is 12.3. The summed E-state index contributed by atoms with van der Waals surface area (Å²) in [5.41, 5.74) is 3.31. The zero-order valence-corrected chi connectivity index (χ0v) is 22.1. The Morgan fingerprint density at radius 1 is 0.744 bits per heavy atom. The lowest BCUT2D eigenvalue weighted by atomic mass is 9.78. The van der Waals surface area contributed by atoms with Gasteiger partial charge in [-0.05, 0) is 59.7 Å². The van der Waals surface area contributed by atoms with Crippen LogP contribution in [0.15, 0.2) is 120 Å². The summed E-state index contributed by atoms with van der Waals surface area (Å²) in [5, 5.41) is 2.70. The van der Waals surface area contributed by atoms with Crippen LogP contribution in [0.4, 0.5) is 11.4 Å². The number of nitrogens with one attached hydrogen (secondary N) is 1. The van der Waals surface area contributed by atoms with Crippen molar-refractivity contribution in [2.45, 2.75) is 19.3 Å². The van der Waals surface area contributed by atoms with E-state index < -0.39 is 17.8 Å². The van der Waals surface area contributed by atoms with Gasteiger partial charge >= 0.3 is 5.97 Å². The molecule has 0 unspecified atom stereocenters. The number of ether oxygens (including phenoxy) is 1. The lowest BCUT2D eigenvalue weighted by Crippen LogP contribution is -2.32. The van der Waals surface area contributed by atoms with Crippen molar-refractivity contribution in [3.63, 3.8) is 0 Å². The monoisotopic (exact) mass is 536 g/mol. The summed E-state index contributed by atoms with van der Waals surface area (Å²) in [7, 11) is 0. The van der Waals surface area contributed by atoms with Crippen LogP contribution < -0.4 is 15.0 Å². The Kier molecular flexibility index (Phi) is 7.05. The second kappa shape index (κ2) is 10.6. The average molecular weight is 537 g/mol. The Morgan fingerprint density at radius 2 is 1.31 bits per heavy atom. The van der Waals surface area contributed by atoms with Gasteiger partial charge in [-0.3, -0.25) is 9.59 Å². The van der Waals surface area contributed by atoms with E-state index in [1.54, 1.807) is 66.7 Å². The Morgan fingerprint density at radius 3 is 1.92 bits per heavy atom. The van der Waals surface area contributed by atoms with Crippen LogP contribution in [0, 0.1) is 0 Å². The van der Waals surface area contributed by atoms with E-state index in [4.69, 9.17) is 16.3 Å². The van der Waals surface area contributed by atoms with Crippen molar-refractivity contribution in [2.75, 3.05) is 10.2 Å². The molecular formula is C32H25ClN2O4. The predicted octanol–water partition coefficient (Wildman–Crippen LogP) is 6.67. The van der Waals surface area contributed by atoms with Crippen molar-refractivity contribution in [2.24, 2.45) is 0 Å². The number of carbonyl (C=O) groups is 3. The van der Waals surface area contributed by atoms with Gasteiger partial charge in [0.25, 0.3) is 11.8 Å². The molecule has 4 aromatic rings. The first-order chi connectivity index (χ1) is 18.8. The van der Waals surface area contributed by atoms with Gasteiger partial charge in [0.1, 0.15) is 16.5 Å². The molecule has 0 saturated heterocycles. The van der Waals surface area contributed by atoms with Crippen molar-refractivity contribution in [3.8, 4) is 5.75 Å². The highest BCUT2D eigenvalue weighted by Crippen LogP contribution is 2.33. The first-order valence-corrected chi connectivity index (χ1v) is 12.7. The quantitative estimate of drug-likeness (QED) is 0.162. The maximum absolute atomic E-state index is 12.9. The SMILES string of the molecule is CC(C)(c1ccccc1)c1ccc(OC(=O)c2ccc(NC3=C(Cl)C(=O)N(c4ccccc4)C3=O)cc2)cc1. The van der Waals surface area contributed by atoms with Gasteiger partial charge in [-0.2, -0.15) is 0 Å². The highest BCUT2D eigenvalue weighted by molar-refractivity contribution is 6.53. The molecule has 0 fully saturated rings. The minimum Gasteiger partial charge on any atom is -0.423 e. The Labute approximate surface area is 231 Å². The minimum atomic E-state index is -0.603. The number of hydrogen-bond acceptors (Lipinski definition) is 5. The molecule has 1 aliphatic heterocycles. The van der Waals surface area contributed by atoms with E-state index in [-0.39, 0.29) is 16.1 Å². The van der Waals surface area contributed by atoms with Gasteiger partial charge in [0.2, 0.25) is 0 Å². The van der Waals surface area contributed by atoms with Crippen LogP contribution in [0.2, 0.25) is 0 Å². The second-order valence-electron chi connectivity index (χ2n) is 9.58. The zero-order valence-electron chi connectivity index (χ0n) is 21.4. The van der Waals surface area contributed by atoms with Crippen LogP contribution in [0.1, 0.15) is 35.3 Å². The lowest BCUT2D eigenvalue weighted by Gasteiger charge is -2.26. The smallest absolute Gasteiger partial charge is 0.343 e. The van der Waals surface area contributed by atoms with Crippen LogP contribution in [0.3, 0.4) is 0 Å². The highest BCUT2D eigenvalue weighted by atomic mass is 35.5. The van der Waals surface area contributed by atoms with Gasteiger partial charge in [-0.15, -0.1) is 0 Å². The lowest BCUT2D eigenvalue weighted by molar-refractivity contribution is -0.120. The number of amides is 2. The number of benzene rings is 4. The molecule has 4 aromatic carbocycles. The molecule has 1 N–H and O–H groups in total. The molecule has 0 aromatic heterocycles. The molecule has 194 valence electrons. The topological polar surface area (TPSA) is 75.7 Å². The van der Waals surface area contributed by atoms with E-state index in [0.29, 0.717) is 22.7 Å². The molecule has 2 amide bonds. The Hall–Kier alpha value is -4.68. The van der Waals surface area contributed by atoms with Gasteiger partial charge < -0.3 is 10.1 Å². The molecule has 0 saturated carbocycles. The van der Waals surface area contributed by atoms with E-state index in [1.165, 1.54) is 5.56 Å². The van der Waals surface area contributed by atoms with E-state index in [2.05, 4.69) is 31.3 Å². The summed E-state index contributed by atoms with van der Waals surface area (Å²) >= 11 is 6.20. The maximum Gasteiger partial charge on any atom is 0.343 e. The summed E-state index contributed by atoms with van der Waals surface area (Å²) in [6.07, 6.45) is 0. The number of esters is 1. The summed E-state index contributed by atoms with van der Waals surface area (Å²) < 4.78 is 5.56. The molecule has 1 aliphatic rings. The zero-order chi connectivity index (χ0) is 27.6. The van der Waals surface area contributed by atoms with E-state index in [9.17, 15) is 14.4 Å². The molecule has 1 heterocycles. The van der Waals surface area contributed by atoms with Gasteiger partial charge in [0, 0.05) is 11.1 Å². The fraction of sp³-hybridized carbons (Fsp3) is 0.0938. The largest absolute Gasteiger partial charge is 0.423 e. The van der Waals surface area contributed by atoms with Gasteiger partial charge in [0.15, 0.2) is 0 Å². The molecule has 5 rings (SSSR count). The number of para-hydroxylation sites is 1. The molecule has 0 aliphatic carbocycles. The summed E-state index contributed by atoms with van der Waals surface area (Å²) in [4.78, 5) is 39.3. The summed E-state index contributed by atoms with van der Waals surface area (Å²) in [6, 6.07) is 32.6. The number of hydrogen-bond donors (Lipinski definition) is 1. The molecule has 0 atom stereocenters. The fourth-order valence-corrected chi connectivity index (χ4v) is 4.60. The molecule has 39 heavy (non-hydrogen) atoms. The molecule has 6 nitrogen and oxygen atoms in total. The third kappa shape index (κ3) is 5.19. The second-order valence-corrected chi connectivity index (χ2v) is 9.96. The molecular weight excluding hydrogens is 512 g/mol. The van der Waals surface area contributed by atoms with Crippen molar-refractivity contribution in [3.05, 3.63) is 137 Å². The Balaban J connectivity index is 1.24. The van der Waals surface area contributed by atoms with Crippen molar-refractivity contribution >= 4 is 40.8 Å². The third-order valence-corrected chi connectivity index (χ3v) is 7.06. The van der Waals surface area contributed by atoms with Crippen LogP contribution in [0.25, 0.3) is 0 Å². The van der Waals surface area contributed by atoms with E-state index in [1.807, 2.05) is 30.3 Å². The van der Waals surface area contributed by atoms with Gasteiger partial charge in [-0.1, -0.05) is 86.1 Å². The van der Waals surface area contributed by atoms with Crippen molar-refractivity contribution in [1.82, 2.24) is 0 Å². The number of anilines is 2. The number of imide groups is 1. The van der Waals surface area contributed by atoms with E-state index in [0.717, 1.165) is 10.5 Å². The normalized spacial score (nSPS) is 13.6. The fourth-order valence-electron chi connectivity index (χ4n) is 4.38. The van der Waals surface area contributed by atoms with Crippen LogP contribution in [0.5, 0.6) is 5.75 Å². The number of nitrogens with zero attached hydrogens (tertiary/aromatic N) is 1. The summed E-state index contributed by atoms with van der Waals surface area (Å²) in [5.74, 6) is -1.24. The average Bonchev–Trinajstić information content (AvgIpc) is 3.17. The maximum atomic E-state index is 12.9. The number of rotatable bonds is 7. The highest BCUT2D eigenvalue weighted by Gasteiger charge is 2.38. The van der Waals surface area contributed by atoms with Crippen LogP contribution >= 0.6 is 11.6 Å². The van der Waals surface area contributed by atoms with E-state index >= 15 is 0 Å². The van der Waals surface area contributed by atoms with Gasteiger partial charge in [0.05, 0.1) is 11.3 Å². The molecule has 0 spiro atoms. The Bertz CT molecular complexity index is 1560. The van der Waals surface area contributed by atoms with Crippen molar-refractivity contribution < 1.29 is 19.1 Å². The van der Waals surface area contributed by atoms with Crippen molar-refractivity contribution in [1.29, 1.82) is 0 Å². The van der Waals surface area contributed by atoms with Crippen LogP contribution in [-0.4, -0.2) is 17.8 Å². The summed E-state index contributed by atoms with van der Waals surface area (Å²) in [6.45, 7) is 4.30. The predicted molar refractivity (Wildman–Crippen MR) is 152 cm³/mol. The molecule has 0 radical (unpaired) electrons. The number of halogens is 1. The first kappa shape index (κ1) is 25.9. The third-order valence-electron chi connectivity index (χ3n) is 6.71. The van der Waals surface area contributed by atoms with Gasteiger partial charge in [-0.25, -0.2) is 9.69 Å². The minimum absolute atomic E-state index is 0.0284. The standard InChI is InChI=1S/C32H25ClN2O4/c1-32(2,22-9-5-3-6-10-22)23-15-19-26(20-16-23)39-31(38)21-13-17-24(18-14-21)34-28-27(33)29(36)35(30(28)37)25-11-7-4-8-12-25/h3-20,34H,1-2H3. The number of carbonyl (C=O) groups excluding carboxylic acids is 3.